The summed E-state index contributed by atoms with van der Waals surface area (Å²) in [6.07, 6.45) is 0. The number of halogens is 1. The zero-order valence-corrected chi connectivity index (χ0v) is 26.5. The van der Waals surface area contributed by atoms with Crippen molar-refractivity contribution in [3.8, 4) is 23.2 Å². The van der Waals surface area contributed by atoms with Crippen LogP contribution in [0.2, 0.25) is 4.34 Å². The Balaban J connectivity index is 1.61. The second-order valence-electron chi connectivity index (χ2n) is 10.9. The molecule has 222 valence electrons. The largest absolute Gasteiger partial charge is 0.365 e. The zero-order chi connectivity index (χ0) is 31.4. The molecule has 5 rings (SSSR count). The number of nitrogens with one attached hydrogen (secondary N) is 1. The van der Waals surface area contributed by atoms with E-state index in [9.17, 15) is 19.2 Å². The molecule has 5 aromatic rings. The lowest BCUT2D eigenvalue weighted by molar-refractivity contribution is 0.0751. The molecule has 11 heteroatoms. The van der Waals surface area contributed by atoms with Crippen molar-refractivity contribution in [2.45, 2.75) is 33.9 Å². The summed E-state index contributed by atoms with van der Waals surface area (Å²) in [6.45, 7) is 5.42. The SMILES string of the molecule is CC(C)(C)C(=O)n1nc(-c2cc(C(=O)C#Cc3ccccc3)cc(=O)n2CC(=O)c2ccsc2)cc1NCc1ccc(Cl)s1. The normalized spacial score (nSPS) is 11.1. The van der Waals surface area contributed by atoms with Crippen molar-refractivity contribution in [1.82, 2.24) is 14.3 Å². The van der Waals surface area contributed by atoms with Crippen molar-refractivity contribution in [1.29, 1.82) is 0 Å². The second kappa shape index (κ2) is 13.0. The zero-order valence-electron chi connectivity index (χ0n) is 24.1. The van der Waals surface area contributed by atoms with Gasteiger partial charge in [-0.15, -0.1) is 11.3 Å². The van der Waals surface area contributed by atoms with Gasteiger partial charge >= 0.3 is 0 Å². The summed E-state index contributed by atoms with van der Waals surface area (Å²) < 4.78 is 3.15. The molecule has 0 bridgehead atoms. The molecule has 1 aromatic carbocycles. The minimum Gasteiger partial charge on any atom is -0.365 e. The van der Waals surface area contributed by atoms with Crippen LogP contribution in [-0.4, -0.2) is 31.8 Å². The molecule has 0 fully saturated rings. The van der Waals surface area contributed by atoms with Crippen molar-refractivity contribution < 1.29 is 14.4 Å². The summed E-state index contributed by atoms with van der Waals surface area (Å²) in [5.41, 5.74) is 0.238. The third kappa shape index (κ3) is 7.14. The Morgan fingerprint density at radius 2 is 1.77 bits per heavy atom. The molecule has 0 aliphatic carbocycles. The lowest BCUT2D eigenvalue weighted by Gasteiger charge is -2.18. The maximum absolute atomic E-state index is 13.5. The molecule has 0 atom stereocenters. The number of rotatable bonds is 8. The van der Waals surface area contributed by atoms with Gasteiger partial charge < -0.3 is 5.32 Å². The van der Waals surface area contributed by atoms with Gasteiger partial charge in [0.25, 0.3) is 11.5 Å². The number of carbonyl (C=O) groups excluding carboxylic acids is 3. The van der Waals surface area contributed by atoms with Crippen LogP contribution in [0.4, 0.5) is 5.82 Å². The van der Waals surface area contributed by atoms with E-state index in [-0.39, 0.29) is 35.2 Å². The van der Waals surface area contributed by atoms with Crippen LogP contribution in [0.3, 0.4) is 0 Å². The molecule has 0 saturated heterocycles. The smallest absolute Gasteiger partial charge is 0.254 e. The Morgan fingerprint density at radius 1 is 1.00 bits per heavy atom. The van der Waals surface area contributed by atoms with Crippen LogP contribution in [0.25, 0.3) is 11.4 Å². The maximum Gasteiger partial charge on any atom is 0.254 e. The van der Waals surface area contributed by atoms with Gasteiger partial charge in [-0.2, -0.15) is 21.1 Å². The van der Waals surface area contributed by atoms with Crippen LogP contribution in [0.5, 0.6) is 0 Å². The number of hydrogen-bond donors (Lipinski definition) is 1. The van der Waals surface area contributed by atoms with E-state index in [4.69, 9.17) is 11.6 Å². The fourth-order valence-electron chi connectivity index (χ4n) is 4.21. The average Bonchev–Trinajstić information content (AvgIpc) is 3.77. The number of Topliss-reactive ketones (excluding diaryl/α,β-unsaturated/α-hetero) is 2. The Labute approximate surface area is 266 Å². The third-order valence-electron chi connectivity index (χ3n) is 6.51. The van der Waals surface area contributed by atoms with Crippen LogP contribution < -0.4 is 10.9 Å². The predicted octanol–water partition coefficient (Wildman–Crippen LogP) is 6.90. The number of ketones is 2. The molecule has 1 N–H and O–H groups in total. The Morgan fingerprint density at radius 3 is 2.43 bits per heavy atom. The van der Waals surface area contributed by atoms with Gasteiger partial charge in [0.05, 0.1) is 23.1 Å². The molecule has 0 aliphatic rings. The molecule has 0 unspecified atom stereocenters. The van der Waals surface area contributed by atoms with E-state index in [1.807, 2.05) is 24.3 Å². The Bertz CT molecular complexity index is 1970. The van der Waals surface area contributed by atoms with Gasteiger partial charge in [-0.1, -0.05) is 56.5 Å². The van der Waals surface area contributed by atoms with E-state index in [0.29, 0.717) is 27.8 Å². The molecule has 44 heavy (non-hydrogen) atoms. The number of anilines is 1. The second-order valence-corrected chi connectivity index (χ2v) is 13.5. The van der Waals surface area contributed by atoms with Gasteiger partial charge in [0, 0.05) is 44.5 Å². The first kappa shape index (κ1) is 30.9. The van der Waals surface area contributed by atoms with E-state index in [1.54, 1.807) is 61.9 Å². The number of benzene rings is 1. The molecular weight excluding hydrogens is 616 g/mol. The highest BCUT2D eigenvalue weighted by molar-refractivity contribution is 7.16. The quantitative estimate of drug-likeness (QED) is 0.146. The van der Waals surface area contributed by atoms with Crippen molar-refractivity contribution >= 4 is 57.6 Å². The van der Waals surface area contributed by atoms with E-state index < -0.39 is 16.8 Å². The van der Waals surface area contributed by atoms with Gasteiger partial charge in [-0.05, 0) is 47.7 Å². The van der Waals surface area contributed by atoms with Crippen LogP contribution in [-0.2, 0) is 13.1 Å². The highest BCUT2D eigenvalue weighted by Gasteiger charge is 2.28. The average molecular weight is 643 g/mol. The monoisotopic (exact) mass is 642 g/mol. The highest BCUT2D eigenvalue weighted by atomic mass is 35.5. The summed E-state index contributed by atoms with van der Waals surface area (Å²) in [5, 5.41) is 11.3. The first-order valence-electron chi connectivity index (χ1n) is 13.5. The van der Waals surface area contributed by atoms with Crippen LogP contribution in [0, 0.1) is 17.3 Å². The molecule has 0 radical (unpaired) electrons. The Kier molecular flexibility index (Phi) is 9.11. The van der Waals surface area contributed by atoms with E-state index in [0.717, 1.165) is 4.88 Å². The van der Waals surface area contributed by atoms with E-state index in [1.165, 1.54) is 44.1 Å². The summed E-state index contributed by atoms with van der Waals surface area (Å²) in [5.74, 6) is 4.66. The lowest BCUT2D eigenvalue weighted by Crippen LogP contribution is -2.29. The molecule has 0 saturated carbocycles. The van der Waals surface area contributed by atoms with Gasteiger partial charge in [0.2, 0.25) is 5.78 Å². The number of nitrogens with zero attached hydrogens (tertiary/aromatic N) is 3. The van der Waals surface area contributed by atoms with Crippen LogP contribution in [0.15, 0.2) is 82.3 Å². The number of aromatic nitrogens is 3. The molecule has 4 heterocycles. The summed E-state index contributed by atoms with van der Waals surface area (Å²) >= 11 is 8.87. The van der Waals surface area contributed by atoms with Gasteiger partial charge in [-0.25, -0.2) is 0 Å². The first-order valence-corrected chi connectivity index (χ1v) is 15.7. The fraction of sp³-hybridized carbons (Fsp3) is 0.182. The van der Waals surface area contributed by atoms with Crippen molar-refractivity contribution in [3.05, 3.63) is 114 Å². The minimum absolute atomic E-state index is 0.0482. The lowest BCUT2D eigenvalue weighted by atomic mass is 9.96. The summed E-state index contributed by atoms with van der Waals surface area (Å²) in [7, 11) is 0. The van der Waals surface area contributed by atoms with E-state index in [2.05, 4.69) is 22.3 Å². The summed E-state index contributed by atoms with van der Waals surface area (Å²) in [6, 6.07) is 18.7. The molecular formula is C33H27ClN4O4S2. The summed E-state index contributed by atoms with van der Waals surface area (Å²) in [4.78, 5) is 54.2. The molecule has 8 nitrogen and oxygen atoms in total. The number of pyridine rings is 1. The van der Waals surface area contributed by atoms with Crippen LogP contribution >= 0.6 is 34.3 Å². The molecule has 4 aromatic heterocycles. The van der Waals surface area contributed by atoms with E-state index >= 15 is 0 Å². The topological polar surface area (TPSA) is 103 Å². The van der Waals surface area contributed by atoms with Gasteiger partial charge in [-0.3, -0.25) is 23.7 Å². The predicted molar refractivity (Wildman–Crippen MR) is 175 cm³/mol. The standard InChI is InChI=1S/C33H27ClN4O4S2/c1-33(2,3)32(42)38-30(35-18-24-10-12-29(34)44-24)17-25(36-38)26-15-23(27(39)11-9-21-7-5-4-6-8-21)16-31(41)37(26)19-28(40)22-13-14-43-20-22/h4-8,10,12-17,20,35H,18-19H2,1-3H3. The number of hydrogen-bond acceptors (Lipinski definition) is 8. The van der Waals surface area contributed by atoms with Crippen molar-refractivity contribution in [2.24, 2.45) is 5.41 Å². The molecule has 0 spiro atoms. The third-order valence-corrected chi connectivity index (χ3v) is 8.42. The number of thiophene rings is 2. The van der Waals surface area contributed by atoms with Crippen molar-refractivity contribution in [3.63, 3.8) is 0 Å². The van der Waals surface area contributed by atoms with Crippen molar-refractivity contribution in [2.75, 3.05) is 5.32 Å². The van der Waals surface area contributed by atoms with Gasteiger partial charge in [0.1, 0.15) is 11.5 Å². The van der Waals surface area contributed by atoms with Gasteiger partial charge in [0.15, 0.2) is 5.78 Å². The number of carbonyl (C=O) groups is 3. The fourth-order valence-corrected chi connectivity index (χ4v) is 5.90. The Hall–Kier alpha value is -4.56. The molecule has 0 amide bonds. The highest BCUT2D eigenvalue weighted by Crippen LogP contribution is 2.28. The molecule has 0 aliphatic heterocycles. The first-order chi connectivity index (χ1) is 21.0. The van der Waals surface area contributed by atoms with Crippen LogP contribution in [0.1, 0.15) is 56.7 Å². The maximum atomic E-state index is 13.5. The minimum atomic E-state index is -0.786.